The number of rotatable bonds is 4. The van der Waals surface area contributed by atoms with E-state index in [9.17, 15) is 4.79 Å². The van der Waals surface area contributed by atoms with Gasteiger partial charge in [-0.05, 0) is 53.7 Å². The Labute approximate surface area is 209 Å². The van der Waals surface area contributed by atoms with E-state index in [1.807, 2.05) is 79.8 Å². The summed E-state index contributed by atoms with van der Waals surface area (Å²) in [5, 5.41) is 1.59. The van der Waals surface area contributed by atoms with Crippen LogP contribution in [0.5, 0.6) is 5.75 Å². The van der Waals surface area contributed by atoms with E-state index in [1.165, 1.54) is 11.8 Å². The standard InChI is InChI=1S/C25H20BrN3O2S2/c1-28-20-14-19(31-2)12-13-21(20)32-24(28)22-23(30)29(15-16-6-4-3-5-7-16)25(33-22)27-18-10-8-17(26)9-11-18/h3-14H,15H2,1-2H3. The highest BCUT2D eigenvalue weighted by molar-refractivity contribution is 9.10. The number of aliphatic imine (C=N–C) groups is 1. The minimum atomic E-state index is -0.0335. The Morgan fingerprint density at radius 1 is 1.00 bits per heavy atom. The van der Waals surface area contributed by atoms with Gasteiger partial charge in [-0.3, -0.25) is 9.69 Å². The molecular weight excluding hydrogens is 518 g/mol. The number of carbonyl (C=O) groups excluding carboxylic acids is 1. The average molecular weight is 538 g/mol. The van der Waals surface area contributed by atoms with Gasteiger partial charge in [-0.15, -0.1) is 0 Å². The lowest BCUT2D eigenvalue weighted by Crippen LogP contribution is -2.29. The lowest BCUT2D eigenvalue weighted by molar-refractivity contribution is -0.122. The Bertz CT molecular complexity index is 1280. The third-order valence-electron chi connectivity index (χ3n) is 5.33. The number of ether oxygens (including phenoxy) is 1. The summed E-state index contributed by atoms with van der Waals surface area (Å²) < 4.78 is 6.38. The Morgan fingerprint density at radius 3 is 2.48 bits per heavy atom. The van der Waals surface area contributed by atoms with E-state index in [2.05, 4.69) is 20.8 Å². The molecule has 0 aliphatic carbocycles. The maximum absolute atomic E-state index is 13.7. The summed E-state index contributed by atoms with van der Waals surface area (Å²) in [5.74, 6) is 0.759. The molecule has 2 heterocycles. The van der Waals surface area contributed by atoms with Crippen LogP contribution in [0.3, 0.4) is 0 Å². The van der Waals surface area contributed by atoms with E-state index < -0.39 is 0 Å². The third-order valence-corrected chi connectivity index (χ3v) is 8.29. The van der Waals surface area contributed by atoms with Gasteiger partial charge in [-0.2, -0.15) is 0 Å². The van der Waals surface area contributed by atoms with Gasteiger partial charge in [0.2, 0.25) is 0 Å². The van der Waals surface area contributed by atoms with Crippen molar-refractivity contribution in [2.45, 2.75) is 11.4 Å². The summed E-state index contributed by atoms with van der Waals surface area (Å²) in [5.41, 5.74) is 2.89. The molecule has 0 unspecified atom stereocenters. The summed E-state index contributed by atoms with van der Waals surface area (Å²) in [6.45, 7) is 0.466. The zero-order valence-corrected chi connectivity index (χ0v) is 21.2. The number of carbonyl (C=O) groups is 1. The van der Waals surface area contributed by atoms with Crippen molar-refractivity contribution >= 4 is 61.9 Å². The number of benzene rings is 3. The van der Waals surface area contributed by atoms with Crippen LogP contribution in [0.2, 0.25) is 0 Å². The predicted octanol–water partition coefficient (Wildman–Crippen LogP) is 6.63. The SMILES string of the molecule is COc1ccc2c(c1)N(C)C(=C1SC(=Nc3ccc(Br)cc3)N(Cc3ccccc3)C1=O)S2. The molecule has 2 aliphatic heterocycles. The molecule has 3 aromatic rings. The van der Waals surface area contributed by atoms with Crippen LogP contribution in [-0.2, 0) is 11.3 Å². The van der Waals surface area contributed by atoms with E-state index in [4.69, 9.17) is 9.73 Å². The maximum atomic E-state index is 13.7. The zero-order valence-electron chi connectivity index (χ0n) is 18.0. The molecule has 0 N–H and O–H groups in total. The highest BCUT2D eigenvalue weighted by Crippen LogP contribution is 2.51. The minimum Gasteiger partial charge on any atom is -0.497 e. The number of halogens is 1. The van der Waals surface area contributed by atoms with E-state index >= 15 is 0 Å². The Kier molecular flexibility index (Phi) is 6.23. The van der Waals surface area contributed by atoms with Gasteiger partial charge in [-0.25, -0.2) is 4.99 Å². The lowest BCUT2D eigenvalue weighted by Gasteiger charge is -2.17. The molecule has 1 amide bonds. The van der Waals surface area contributed by atoms with Crippen LogP contribution < -0.4 is 9.64 Å². The smallest absolute Gasteiger partial charge is 0.269 e. The molecule has 0 spiro atoms. The molecule has 1 saturated heterocycles. The van der Waals surface area contributed by atoms with Crippen LogP contribution in [-0.4, -0.2) is 30.1 Å². The Hall–Kier alpha value is -2.68. The molecule has 5 rings (SSSR count). The minimum absolute atomic E-state index is 0.0335. The number of amides is 1. The van der Waals surface area contributed by atoms with Crippen LogP contribution in [0.1, 0.15) is 5.56 Å². The Morgan fingerprint density at radius 2 is 1.76 bits per heavy atom. The summed E-state index contributed by atoms with van der Waals surface area (Å²) in [6, 6.07) is 23.7. The summed E-state index contributed by atoms with van der Waals surface area (Å²) in [6.07, 6.45) is 0. The summed E-state index contributed by atoms with van der Waals surface area (Å²) in [7, 11) is 3.64. The third kappa shape index (κ3) is 4.43. The van der Waals surface area contributed by atoms with Crippen molar-refractivity contribution in [3.05, 3.63) is 92.8 Å². The highest BCUT2D eigenvalue weighted by Gasteiger charge is 2.39. The fourth-order valence-electron chi connectivity index (χ4n) is 3.60. The largest absolute Gasteiger partial charge is 0.497 e. The van der Waals surface area contributed by atoms with Crippen LogP contribution in [0.25, 0.3) is 0 Å². The monoisotopic (exact) mass is 537 g/mol. The van der Waals surface area contributed by atoms with Gasteiger partial charge >= 0.3 is 0 Å². The maximum Gasteiger partial charge on any atom is 0.269 e. The van der Waals surface area contributed by atoms with Gasteiger partial charge < -0.3 is 9.64 Å². The van der Waals surface area contributed by atoms with E-state index in [0.717, 1.165) is 37.1 Å². The molecule has 33 heavy (non-hydrogen) atoms. The first-order valence-corrected chi connectivity index (χ1v) is 12.7. The normalized spacial score (nSPS) is 18.9. The lowest BCUT2D eigenvalue weighted by atomic mass is 10.2. The number of thioether (sulfide) groups is 2. The highest BCUT2D eigenvalue weighted by atomic mass is 79.9. The molecule has 5 nitrogen and oxygen atoms in total. The molecule has 0 aromatic heterocycles. The molecular formula is C25H20BrN3O2S2. The number of methoxy groups -OCH3 is 1. The van der Waals surface area contributed by atoms with Crippen molar-refractivity contribution < 1.29 is 9.53 Å². The van der Waals surface area contributed by atoms with Crippen molar-refractivity contribution in [2.24, 2.45) is 4.99 Å². The second-order valence-corrected chi connectivity index (χ2v) is 10.4. The Balaban J connectivity index is 1.54. The molecule has 166 valence electrons. The van der Waals surface area contributed by atoms with Crippen molar-refractivity contribution in [3.63, 3.8) is 0 Å². The molecule has 0 atom stereocenters. The zero-order chi connectivity index (χ0) is 22.9. The number of fused-ring (bicyclic) bond motifs is 1. The molecule has 0 saturated carbocycles. The number of hydrogen-bond acceptors (Lipinski definition) is 6. The number of hydrogen-bond donors (Lipinski definition) is 0. The first kappa shape index (κ1) is 22.1. The van der Waals surface area contributed by atoms with Gasteiger partial charge in [0.25, 0.3) is 5.91 Å². The van der Waals surface area contributed by atoms with E-state index in [0.29, 0.717) is 16.6 Å². The quantitative estimate of drug-likeness (QED) is 0.349. The number of anilines is 1. The van der Waals surface area contributed by atoms with Crippen molar-refractivity contribution in [1.82, 2.24) is 4.90 Å². The molecule has 0 bridgehead atoms. The van der Waals surface area contributed by atoms with Gasteiger partial charge in [0.1, 0.15) is 10.7 Å². The van der Waals surface area contributed by atoms with Crippen molar-refractivity contribution in [1.29, 1.82) is 0 Å². The summed E-state index contributed by atoms with van der Waals surface area (Å²) in [4.78, 5) is 24.1. The first-order chi connectivity index (χ1) is 16.0. The van der Waals surface area contributed by atoms with E-state index in [1.54, 1.807) is 23.8 Å². The van der Waals surface area contributed by atoms with Crippen LogP contribution in [0, 0.1) is 0 Å². The molecule has 8 heteroatoms. The van der Waals surface area contributed by atoms with Gasteiger partial charge in [0.05, 0.1) is 30.1 Å². The topological polar surface area (TPSA) is 45.1 Å². The van der Waals surface area contributed by atoms with Gasteiger partial charge in [0, 0.05) is 22.5 Å². The van der Waals surface area contributed by atoms with Gasteiger partial charge in [0.15, 0.2) is 5.17 Å². The molecule has 0 radical (unpaired) electrons. The molecule has 1 fully saturated rings. The second kappa shape index (κ2) is 9.29. The molecule has 2 aliphatic rings. The van der Waals surface area contributed by atoms with Crippen LogP contribution in [0.4, 0.5) is 11.4 Å². The predicted molar refractivity (Wildman–Crippen MR) is 140 cm³/mol. The number of amidine groups is 1. The fourth-order valence-corrected chi connectivity index (χ4v) is 6.19. The van der Waals surface area contributed by atoms with Crippen molar-refractivity contribution in [3.8, 4) is 5.75 Å². The average Bonchev–Trinajstić information content (AvgIpc) is 3.32. The van der Waals surface area contributed by atoms with Crippen LogP contribution >= 0.6 is 39.5 Å². The van der Waals surface area contributed by atoms with Crippen LogP contribution in [0.15, 0.2) is 97.1 Å². The van der Waals surface area contributed by atoms with Gasteiger partial charge in [-0.1, -0.05) is 58.0 Å². The van der Waals surface area contributed by atoms with E-state index in [-0.39, 0.29) is 5.91 Å². The number of nitrogens with zero attached hydrogens (tertiary/aromatic N) is 3. The van der Waals surface area contributed by atoms with Crippen molar-refractivity contribution in [2.75, 3.05) is 19.1 Å². The fraction of sp³-hybridized carbons (Fsp3) is 0.120. The molecule has 3 aromatic carbocycles. The summed E-state index contributed by atoms with van der Waals surface area (Å²) >= 11 is 6.50. The first-order valence-electron chi connectivity index (χ1n) is 10.3. The second-order valence-electron chi connectivity index (χ2n) is 7.48.